The number of rotatable bonds is 6. The molecular weight excluding hydrogens is 282 g/mol. The first-order valence-electron chi connectivity index (χ1n) is 7.14. The van der Waals surface area contributed by atoms with Gasteiger partial charge < -0.3 is 9.84 Å². The number of aliphatic carboxylic acids is 1. The molecule has 0 amide bonds. The molecule has 1 N–H and O–H groups in total. The number of carboxylic acid groups (broad SMARTS) is 1. The average molecular weight is 305 g/mol. The van der Waals surface area contributed by atoms with Crippen LogP contribution in [-0.4, -0.2) is 54.8 Å². The summed E-state index contributed by atoms with van der Waals surface area (Å²) in [6.07, 6.45) is 5.46. The molecule has 1 heterocycles. The molecule has 0 spiro atoms. The van der Waals surface area contributed by atoms with Crippen LogP contribution in [0.4, 0.5) is 0 Å². The van der Waals surface area contributed by atoms with Crippen LogP contribution in [0.1, 0.15) is 39.0 Å². The molecule has 0 radical (unpaired) electrons. The van der Waals surface area contributed by atoms with Gasteiger partial charge in [-0.25, -0.2) is 13.2 Å². The zero-order chi connectivity index (χ0) is 14.8. The fraction of sp³-hybridized carbons (Fsp3) is 0.923. The minimum absolute atomic E-state index is 0.224. The van der Waals surface area contributed by atoms with E-state index in [1.54, 1.807) is 6.92 Å². The summed E-state index contributed by atoms with van der Waals surface area (Å²) in [4.78, 5) is 10.5. The fourth-order valence-electron chi connectivity index (χ4n) is 2.98. The Labute approximate surface area is 120 Å². The highest BCUT2D eigenvalue weighted by molar-refractivity contribution is 7.89. The number of carbonyl (C=O) groups is 1. The van der Waals surface area contributed by atoms with E-state index in [1.807, 2.05) is 0 Å². The minimum Gasteiger partial charge on any atom is -0.480 e. The molecule has 20 heavy (non-hydrogen) atoms. The number of ether oxygens (including phenoxy) is 1. The summed E-state index contributed by atoms with van der Waals surface area (Å²) in [5.41, 5.74) is -0.655. The Bertz CT molecular complexity index is 449. The lowest BCUT2D eigenvalue weighted by atomic mass is 9.91. The van der Waals surface area contributed by atoms with Crippen LogP contribution in [0.3, 0.4) is 0 Å². The smallest absolute Gasteiger partial charge is 0.329 e. The Morgan fingerprint density at radius 1 is 1.30 bits per heavy atom. The maximum Gasteiger partial charge on any atom is 0.329 e. The second kappa shape index (κ2) is 5.99. The van der Waals surface area contributed by atoms with E-state index in [0.29, 0.717) is 0 Å². The summed E-state index contributed by atoms with van der Waals surface area (Å²) in [7, 11) is -3.23. The average Bonchev–Trinajstić information content (AvgIpc) is 2.33. The van der Waals surface area contributed by atoms with Gasteiger partial charge in [-0.15, -0.1) is 0 Å². The van der Waals surface area contributed by atoms with Gasteiger partial charge in [0.05, 0.1) is 11.4 Å². The first-order chi connectivity index (χ1) is 9.31. The molecule has 7 heteroatoms. The Morgan fingerprint density at radius 2 is 1.90 bits per heavy atom. The number of sulfonamides is 1. The Kier molecular flexibility index (Phi) is 4.71. The number of hydrogen-bond acceptors (Lipinski definition) is 4. The second-order valence-electron chi connectivity index (χ2n) is 6.18. The topological polar surface area (TPSA) is 83.9 Å². The van der Waals surface area contributed by atoms with Gasteiger partial charge in [-0.2, -0.15) is 4.31 Å². The molecule has 0 bridgehead atoms. The number of carboxylic acids is 1. The van der Waals surface area contributed by atoms with Crippen LogP contribution in [0, 0.1) is 5.92 Å². The van der Waals surface area contributed by atoms with E-state index in [2.05, 4.69) is 0 Å². The monoisotopic (exact) mass is 305 g/mol. The van der Waals surface area contributed by atoms with Crippen molar-refractivity contribution in [1.29, 1.82) is 0 Å². The van der Waals surface area contributed by atoms with Gasteiger partial charge in [0.25, 0.3) is 0 Å². The van der Waals surface area contributed by atoms with Crippen molar-refractivity contribution in [3.05, 3.63) is 0 Å². The van der Waals surface area contributed by atoms with Gasteiger partial charge in [-0.3, -0.25) is 0 Å². The van der Waals surface area contributed by atoms with Crippen molar-refractivity contribution in [2.45, 2.75) is 44.6 Å². The normalized spacial score (nSPS) is 24.2. The van der Waals surface area contributed by atoms with Gasteiger partial charge in [0.15, 0.2) is 0 Å². The van der Waals surface area contributed by atoms with E-state index in [-0.39, 0.29) is 31.4 Å². The number of nitrogens with zero attached hydrogens (tertiary/aromatic N) is 1. The first kappa shape index (κ1) is 15.7. The van der Waals surface area contributed by atoms with Crippen LogP contribution in [0.15, 0.2) is 0 Å². The third-order valence-corrected chi connectivity index (χ3v) is 6.07. The third kappa shape index (κ3) is 3.93. The first-order valence-corrected chi connectivity index (χ1v) is 8.75. The molecule has 2 fully saturated rings. The van der Waals surface area contributed by atoms with Gasteiger partial charge >= 0.3 is 5.97 Å². The van der Waals surface area contributed by atoms with Gasteiger partial charge in [-0.1, -0.05) is 19.3 Å². The third-order valence-electron chi connectivity index (χ3n) is 4.13. The minimum atomic E-state index is -3.23. The van der Waals surface area contributed by atoms with Crippen molar-refractivity contribution in [2.24, 2.45) is 5.92 Å². The molecule has 116 valence electrons. The fourth-order valence-corrected chi connectivity index (χ4v) is 5.06. The molecule has 1 saturated carbocycles. The SMILES string of the molecule is CC1(OCC(=O)O)CN(S(=O)(=O)CC2CCCCC2)C1. The summed E-state index contributed by atoms with van der Waals surface area (Å²) in [5, 5.41) is 8.58. The predicted molar refractivity (Wildman–Crippen MR) is 73.9 cm³/mol. The molecule has 0 unspecified atom stereocenters. The Hall–Kier alpha value is -0.660. The lowest BCUT2D eigenvalue weighted by molar-refractivity contribution is -0.157. The lowest BCUT2D eigenvalue weighted by Gasteiger charge is -2.46. The summed E-state index contributed by atoms with van der Waals surface area (Å²) in [6, 6.07) is 0. The lowest BCUT2D eigenvalue weighted by Crippen LogP contribution is -2.63. The standard InChI is InChI=1S/C13H23NO5S/c1-13(19-7-12(15)16)9-14(10-13)20(17,18)8-11-5-3-2-4-6-11/h11H,2-10H2,1H3,(H,15,16). The van der Waals surface area contributed by atoms with E-state index < -0.39 is 21.6 Å². The molecular formula is C13H23NO5S. The summed E-state index contributed by atoms with van der Waals surface area (Å²) in [6.45, 7) is 1.89. The molecule has 0 aromatic carbocycles. The van der Waals surface area contributed by atoms with Gasteiger partial charge in [0, 0.05) is 13.1 Å². The van der Waals surface area contributed by atoms with Crippen LogP contribution >= 0.6 is 0 Å². The quantitative estimate of drug-likeness (QED) is 0.793. The van der Waals surface area contributed by atoms with Crippen molar-refractivity contribution in [1.82, 2.24) is 4.31 Å². The highest BCUT2D eigenvalue weighted by Crippen LogP contribution is 2.31. The maximum atomic E-state index is 12.3. The van der Waals surface area contributed by atoms with Crippen LogP contribution in [0.5, 0.6) is 0 Å². The van der Waals surface area contributed by atoms with Gasteiger partial charge in [0.2, 0.25) is 10.0 Å². The second-order valence-corrected chi connectivity index (χ2v) is 8.20. The summed E-state index contributed by atoms with van der Waals surface area (Å²) in [5.74, 6) is -0.530. The highest BCUT2D eigenvalue weighted by Gasteiger charge is 2.46. The van der Waals surface area contributed by atoms with Crippen molar-refractivity contribution in [2.75, 3.05) is 25.4 Å². The maximum absolute atomic E-state index is 12.3. The van der Waals surface area contributed by atoms with E-state index in [4.69, 9.17) is 9.84 Å². The molecule has 1 aliphatic carbocycles. The highest BCUT2D eigenvalue weighted by atomic mass is 32.2. The summed E-state index contributed by atoms with van der Waals surface area (Å²) < 4.78 is 31.2. The van der Waals surface area contributed by atoms with Crippen molar-refractivity contribution in [3.8, 4) is 0 Å². The zero-order valence-corrected chi connectivity index (χ0v) is 12.7. The van der Waals surface area contributed by atoms with E-state index in [0.717, 1.165) is 25.7 Å². The molecule has 0 aromatic rings. The molecule has 0 atom stereocenters. The van der Waals surface area contributed by atoms with Crippen molar-refractivity contribution in [3.63, 3.8) is 0 Å². The van der Waals surface area contributed by atoms with Crippen molar-refractivity contribution < 1.29 is 23.1 Å². The molecule has 2 rings (SSSR count). The largest absolute Gasteiger partial charge is 0.480 e. The van der Waals surface area contributed by atoms with E-state index >= 15 is 0 Å². The van der Waals surface area contributed by atoms with Crippen LogP contribution < -0.4 is 0 Å². The predicted octanol–water partition coefficient (Wildman–Crippen LogP) is 1.07. The zero-order valence-electron chi connectivity index (χ0n) is 11.9. The van der Waals surface area contributed by atoms with Crippen molar-refractivity contribution >= 4 is 16.0 Å². The van der Waals surface area contributed by atoms with Crippen LogP contribution in [0.2, 0.25) is 0 Å². The summed E-state index contributed by atoms with van der Waals surface area (Å²) >= 11 is 0. The molecule has 6 nitrogen and oxygen atoms in total. The molecule has 1 saturated heterocycles. The Morgan fingerprint density at radius 3 is 2.45 bits per heavy atom. The molecule has 1 aliphatic heterocycles. The van der Waals surface area contributed by atoms with E-state index in [1.165, 1.54) is 10.7 Å². The molecule has 0 aromatic heterocycles. The Balaban J connectivity index is 1.82. The van der Waals surface area contributed by atoms with E-state index in [9.17, 15) is 13.2 Å². The van der Waals surface area contributed by atoms with Crippen LogP contribution in [0.25, 0.3) is 0 Å². The van der Waals surface area contributed by atoms with Crippen LogP contribution in [-0.2, 0) is 19.6 Å². The van der Waals surface area contributed by atoms with Gasteiger partial charge in [-0.05, 0) is 25.7 Å². The molecule has 2 aliphatic rings. The van der Waals surface area contributed by atoms with Gasteiger partial charge in [0.1, 0.15) is 6.61 Å². The number of hydrogen-bond donors (Lipinski definition) is 1.